The fraction of sp³-hybridized carbons (Fsp3) is 0.357. The van der Waals surface area contributed by atoms with Gasteiger partial charge in [0, 0.05) is 17.1 Å². The van der Waals surface area contributed by atoms with Crippen LogP contribution in [0.5, 0.6) is 0 Å². The molecule has 0 spiro atoms. The number of hydrogen-bond donors (Lipinski definition) is 1. The molecule has 1 rings (SSSR count). The molecule has 0 aliphatic carbocycles. The molecule has 1 aromatic carbocycles. The molecule has 0 heterocycles. The molecule has 0 radical (unpaired) electrons. The Morgan fingerprint density at radius 3 is 2.71 bits per heavy atom. The van der Waals surface area contributed by atoms with Crippen molar-refractivity contribution in [3.05, 3.63) is 47.0 Å². The molecule has 0 bridgehead atoms. The Morgan fingerprint density at radius 1 is 1.41 bits per heavy atom. The average Bonchev–Trinajstić information content (AvgIpc) is 2.31. The number of carboxylic acids is 1. The van der Waals surface area contributed by atoms with Crippen LogP contribution in [0.25, 0.3) is 0 Å². The van der Waals surface area contributed by atoms with Crippen LogP contribution in [0.4, 0.5) is 0 Å². The zero-order valence-corrected chi connectivity index (χ0v) is 11.1. The number of rotatable bonds is 6. The number of carbonyl (C=O) groups is 1. The molecule has 0 fully saturated rings. The first-order valence-corrected chi connectivity index (χ1v) is 6.85. The number of benzene rings is 1. The fourth-order valence-corrected chi connectivity index (χ4v) is 2.46. The fourth-order valence-electron chi connectivity index (χ4n) is 1.48. The summed E-state index contributed by atoms with van der Waals surface area (Å²) in [6.45, 7) is 3.96. The van der Waals surface area contributed by atoms with Crippen LogP contribution in [0.3, 0.4) is 0 Å². The monoisotopic (exact) mass is 250 g/mol. The molecular weight excluding hydrogens is 232 g/mol. The van der Waals surface area contributed by atoms with Crippen molar-refractivity contribution in [2.45, 2.75) is 26.0 Å². The second-order valence-corrected chi connectivity index (χ2v) is 4.86. The maximum absolute atomic E-state index is 10.8. The Labute approximate surface area is 107 Å². The van der Waals surface area contributed by atoms with Crippen LogP contribution in [-0.4, -0.2) is 16.8 Å². The van der Waals surface area contributed by atoms with Crippen molar-refractivity contribution in [1.82, 2.24) is 0 Å². The second-order valence-electron chi connectivity index (χ2n) is 3.83. The van der Waals surface area contributed by atoms with Gasteiger partial charge in [-0.1, -0.05) is 37.3 Å². The largest absolute Gasteiger partial charge is 0.478 e. The van der Waals surface area contributed by atoms with Gasteiger partial charge in [-0.05, 0) is 24.5 Å². The lowest BCUT2D eigenvalue weighted by Crippen LogP contribution is -1.99. The Morgan fingerprint density at radius 2 is 2.12 bits per heavy atom. The summed E-state index contributed by atoms with van der Waals surface area (Å²) in [4.78, 5) is 10.8. The molecule has 0 aliphatic rings. The molecule has 0 aliphatic heterocycles. The Balaban J connectivity index is 2.43. The lowest BCUT2D eigenvalue weighted by atomic mass is 10.1. The molecule has 0 aromatic heterocycles. The SMILES string of the molecule is CCC(=CCSCc1ccccc1C)C(=O)O. The first-order chi connectivity index (χ1) is 8.15. The molecule has 0 saturated heterocycles. The minimum atomic E-state index is -0.802. The number of carboxylic acid groups (broad SMARTS) is 1. The van der Waals surface area contributed by atoms with Crippen molar-refractivity contribution >= 4 is 17.7 Å². The number of aryl methyl sites for hydroxylation is 1. The van der Waals surface area contributed by atoms with E-state index < -0.39 is 5.97 Å². The minimum Gasteiger partial charge on any atom is -0.478 e. The van der Waals surface area contributed by atoms with E-state index in [-0.39, 0.29) is 0 Å². The van der Waals surface area contributed by atoms with Crippen molar-refractivity contribution in [3.63, 3.8) is 0 Å². The summed E-state index contributed by atoms with van der Waals surface area (Å²) < 4.78 is 0. The predicted molar refractivity (Wildman–Crippen MR) is 73.4 cm³/mol. The molecule has 0 unspecified atom stereocenters. The van der Waals surface area contributed by atoms with Gasteiger partial charge >= 0.3 is 5.97 Å². The molecule has 0 amide bonds. The van der Waals surface area contributed by atoms with E-state index in [0.717, 1.165) is 11.5 Å². The topological polar surface area (TPSA) is 37.3 Å². The summed E-state index contributed by atoms with van der Waals surface area (Å²) in [5, 5.41) is 8.86. The van der Waals surface area contributed by atoms with E-state index in [1.807, 2.05) is 25.1 Å². The average molecular weight is 250 g/mol. The zero-order chi connectivity index (χ0) is 12.7. The van der Waals surface area contributed by atoms with Crippen molar-refractivity contribution in [2.24, 2.45) is 0 Å². The highest BCUT2D eigenvalue weighted by Crippen LogP contribution is 2.16. The summed E-state index contributed by atoms with van der Waals surface area (Å²) in [6.07, 6.45) is 2.39. The smallest absolute Gasteiger partial charge is 0.331 e. The summed E-state index contributed by atoms with van der Waals surface area (Å²) >= 11 is 1.74. The summed E-state index contributed by atoms with van der Waals surface area (Å²) in [7, 11) is 0. The predicted octanol–water partition coefficient (Wildman–Crippen LogP) is 3.65. The van der Waals surface area contributed by atoms with Crippen molar-refractivity contribution in [2.75, 3.05) is 5.75 Å². The van der Waals surface area contributed by atoms with Gasteiger partial charge in [0.2, 0.25) is 0 Å². The van der Waals surface area contributed by atoms with Crippen LogP contribution in [0, 0.1) is 6.92 Å². The van der Waals surface area contributed by atoms with Gasteiger partial charge in [-0.25, -0.2) is 4.79 Å². The molecule has 0 saturated carbocycles. The third kappa shape index (κ3) is 4.65. The van der Waals surface area contributed by atoms with Gasteiger partial charge < -0.3 is 5.11 Å². The summed E-state index contributed by atoms with van der Waals surface area (Å²) in [5.41, 5.74) is 3.11. The Kier molecular flexibility index (Phi) is 5.84. The normalized spacial score (nSPS) is 11.5. The molecule has 17 heavy (non-hydrogen) atoms. The molecule has 0 atom stereocenters. The Bertz CT molecular complexity index is 410. The van der Waals surface area contributed by atoms with E-state index in [1.54, 1.807) is 11.8 Å². The van der Waals surface area contributed by atoms with Crippen LogP contribution in [0.15, 0.2) is 35.9 Å². The molecule has 3 heteroatoms. The molecule has 1 N–H and O–H groups in total. The van der Waals surface area contributed by atoms with Gasteiger partial charge in [-0.2, -0.15) is 11.8 Å². The maximum atomic E-state index is 10.8. The standard InChI is InChI=1S/C14H18O2S/c1-3-12(14(15)16)8-9-17-10-13-7-5-4-6-11(13)2/h4-8H,3,9-10H2,1-2H3,(H,15,16). The summed E-state index contributed by atoms with van der Waals surface area (Å²) in [6, 6.07) is 8.28. The van der Waals surface area contributed by atoms with E-state index >= 15 is 0 Å². The van der Waals surface area contributed by atoms with Crippen LogP contribution < -0.4 is 0 Å². The lowest BCUT2D eigenvalue weighted by molar-refractivity contribution is -0.132. The van der Waals surface area contributed by atoms with Crippen molar-refractivity contribution in [3.8, 4) is 0 Å². The van der Waals surface area contributed by atoms with E-state index in [1.165, 1.54) is 11.1 Å². The van der Waals surface area contributed by atoms with Gasteiger partial charge in [-0.3, -0.25) is 0 Å². The van der Waals surface area contributed by atoms with Crippen LogP contribution in [-0.2, 0) is 10.5 Å². The van der Waals surface area contributed by atoms with E-state index in [9.17, 15) is 4.79 Å². The van der Waals surface area contributed by atoms with E-state index in [4.69, 9.17) is 5.11 Å². The molecular formula is C14H18O2S. The quantitative estimate of drug-likeness (QED) is 0.618. The second kappa shape index (κ2) is 7.17. The van der Waals surface area contributed by atoms with Gasteiger partial charge in [0.25, 0.3) is 0 Å². The lowest BCUT2D eigenvalue weighted by Gasteiger charge is -2.04. The third-order valence-corrected chi connectivity index (χ3v) is 3.54. The number of aliphatic carboxylic acids is 1. The van der Waals surface area contributed by atoms with Crippen LogP contribution >= 0.6 is 11.8 Å². The highest BCUT2D eigenvalue weighted by atomic mass is 32.2. The number of hydrogen-bond acceptors (Lipinski definition) is 2. The van der Waals surface area contributed by atoms with E-state index in [0.29, 0.717) is 12.0 Å². The highest BCUT2D eigenvalue weighted by Gasteiger charge is 2.03. The maximum Gasteiger partial charge on any atom is 0.331 e. The molecule has 92 valence electrons. The van der Waals surface area contributed by atoms with Crippen LogP contribution in [0.1, 0.15) is 24.5 Å². The first kappa shape index (κ1) is 13.8. The van der Waals surface area contributed by atoms with Gasteiger partial charge in [0.1, 0.15) is 0 Å². The third-order valence-electron chi connectivity index (χ3n) is 2.62. The van der Waals surface area contributed by atoms with Crippen molar-refractivity contribution in [1.29, 1.82) is 0 Å². The zero-order valence-electron chi connectivity index (χ0n) is 10.3. The minimum absolute atomic E-state index is 0.502. The number of thioether (sulfide) groups is 1. The van der Waals surface area contributed by atoms with Crippen LogP contribution in [0.2, 0.25) is 0 Å². The molecule has 1 aromatic rings. The first-order valence-electron chi connectivity index (χ1n) is 5.69. The Hall–Kier alpha value is -1.22. The van der Waals surface area contributed by atoms with Gasteiger partial charge in [-0.15, -0.1) is 0 Å². The highest BCUT2D eigenvalue weighted by molar-refractivity contribution is 7.98. The van der Waals surface area contributed by atoms with Gasteiger partial charge in [0.15, 0.2) is 0 Å². The molecule has 2 nitrogen and oxygen atoms in total. The summed E-state index contributed by atoms with van der Waals surface area (Å²) in [5.74, 6) is 0.882. The van der Waals surface area contributed by atoms with Crippen molar-refractivity contribution < 1.29 is 9.90 Å². The van der Waals surface area contributed by atoms with Gasteiger partial charge in [0.05, 0.1) is 0 Å². The van der Waals surface area contributed by atoms with E-state index in [2.05, 4.69) is 19.1 Å².